The molecule has 62 valence electrons. The van der Waals surface area contributed by atoms with Crippen molar-refractivity contribution in [1.29, 1.82) is 0 Å². The molecule has 10 heavy (non-hydrogen) atoms. The minimum absolute atomic E-state index is 0.425. The average Bonchev–Trinajstić information content (AvgIpc) is 1.98. The Hall–Kier alpha value is 0.314. The van der Waals surface area contributed by atoms with E-state index in [0.29, 0.717) is 6.79 Å². The Bertz CT molecular complexity index is 81.3. The summed E-state index contributed by atoms with van der Waals surface area (Å²) in [6.07, 6.45) is 0. The summed E-state index contributed by atoms with van der Waals surface area (Å²) in [5, 5.41) is 0. The molecule has 0 amide bonds. The summed E-state index contributed by atoms with van der Waals surface area (Å²) in [5.74, 6) is 0. The van der Waals surface area contributed by atoms with Gasteiger partial charge in [0, 0.05) is 14.2 Å². The van der Waals surface area contributed by atoms with Gasteiger partial charge in [0.25, 0.3) is 0 Å². The van der Waals surface area contributed by atoms with E-state index < -0.39 is 17.1 Å². The SMILES string of the molecule is COCO[Si@H](C)[Si@H](C)OC. The second-order valence-corrected chi connectivity index (χ2v) is 11.5. The van der Waals surface area contributed by atoms with Gasteiger partial charge >= 0.3 is 0 Å². The van der Waals surface area contributed by atoms with Crippen molar-refractivity contribution in [3.8, 4) is 0 Å². The molecule has 3 nitrogen and oxygen atoms in total. The zero-order valence-electron chi connectivity index (χ0n) is 7.09. The fourth-order valence-corrected chi connectivity index (χ4v) is 3.71. The summed E-state index contributed by atoms with van der Waals surface area (Å²) >= 11 is 0. The van der Waals surface area contributed by atoms with Crippen LogP contribution in [0.3, 0.4) is 0 Å². The average molecular weight is 180 g/mol. The van der Waals surface area contributed by atoms with Crippen LogP contribution < -0.4 is 0 Å². The van der Waals surface area contributed by atoms with Gasteiger partial charge in [0.2, 0.25) is 0 Å². The van der Waals surface area contributed by atoms with Gasteiger partial charge in [-0.2, -0.15) is 0 Å². The first-order chi connectivity index (χ1) is 4.72. The zero-order chi connectivity index (χ0) is 7.98. The largest absolute Gasteiger partial charge is 0.424 e. The monoisotopic (exact) mass is 180 g/mol. The molecule has 2 atom stereocenters. The first kappa shape index (κ1) is 10.3. The molecule has 0 N–H and O–H groups in total. The Morgan fingerprint density at radius 1 is 1.10 bits per heavy atom. The van der Waals surface area contributed by atoms with Crippen molar-refractivity contribution in [2.45, 2.75) is 13.1 Å². The summed E-state index contributed by atoms with van der Waals surface area (Å²) in [7, 11) is 1.41. The van der Waals surface area contributed by atoms with Crippen LogP contribution in [0.15, 0.2) is 0 Å². The minimum atomic E-state index is -1.02. The summed E-state index contributed by atoms with van der Waals surface area (Å²) < 4.78 is 15.4. The van der Waals surface area contributed by atoms with Gasteiger partial charge in [-0.15, -0.1) is 0 Å². The molecule has 0 aliphatic heterocycles. The van der Waals surface area contributed by atoms with E-state index in [2.05, 4.69) is 13.1 Å². The molecule has 0 rings (SSSR count). The topological polar surface area (TPSA) is 27.7 Å². The van der Waals surface area contributed by atoms with E-state index in [1.807, 2.05) is 0 Å². The van der Waals surface area contributed by atoms with Gasteiger partial charge in [0.1, 0.15) is 6.79 Å². The molecule has 0 aromatic carbocycles. The quantitative estimate of drug-likeness (QED) is 0.442. The summed E-state index contributed by atoms with van der Waals surface area (Å²) in [6.45, 7) is 4.74. The Morgan fingerprint density at radius 3 is 2.10 bits per heavy atom. The number of ether oxygens (including phenoxy) is 1. The highest BCUT2D eigenvalue weighted by Gasteiger charge is 2.15. The van der Waals surface area contributed by atoms with E-state index >= 15 is 0 Å². The van der Waals surface area contributed by atoms with Crippen LogP contribution in [0.1, 0.15) is 0 Å². The molecule has 0 saturated heterocycles. The van der Waals surface area contributed by atoms with Gasteiger partial charge in [-0.25, -0.2) is 0 Å². The van der Waals surface area contributed by atoms with Gasteiger partial charge in [0.15, 0.2) is 17.1 Å². The van der Waals surface area contributed by atoms with E-state index in [4.69, 9.17) is 13.6 Å². The number of hydrogen-bond acceptors (Lipinski definition) is 3. The van der Waals surface area contributed by atoms with Gasteiger partial charge < -0.3 is 13.6 Å². The van der Waals surface area contributed by atoms with E-state index in [1.165, 1.54) is 0 Å². The van der Waals surface area contributed by atoms with Gasteiger partial charge in [-0.3, -0.25) is 0 Å². The lowest BCUT2D eigenvalue weighted by atomic mass is 11.4. The summed E-state index contributed by atoms with van der Waals surface area (Å²) in [5.41, 5.74) is 0. The van der Waals surface area contributed by atoms with Crippen LogP contribution in [-0.4, -0.2) is 38.1 Å². The molecule has 0 saturated carbocycles. The molecule has 0 aliphatic rings. The van der Waals surface area contributed by atoms with Crippen LogP contribution in [0.2, 0.25) is 13.1 Å². The maximum absolute atomic E-state index is 5.40. The molecule has 0 fully saturated rings. The fraction of sp³-hybridized carbons (Fsp3) is 1.00. The van der Waals surface area contributed by atoms with Crippen molar-refractivity contribution < 1.29 is 13.6 Å². The Kier molecular flexibility index (Phi) is 6.24. The Labute approximate surface area is 65.5 Å². The Morgan fingerprint density at radius 2 is 1.70 bits per heavy atom. The van der Waals surface area contributed by atoms with Crippen molar-refractivity contribution >= 4 is 17.1 Å². The van der Waals surface area contributed by atoms with Gasteiger partial charge in [-0.1, -0.05) is 0 Å². The smallest absolute Gasteiger partial charge is 0.193 e. The lowest BCUT2D eigenvalue weighted by molar-refractivity contribution is 0.0518. The van der Waals surface area contributed by atoms with Crippen molar-refractivity contribution in [3.05, 3.63) is 0 Å². The van der Waals surface area contributed by atoms with Crippen LogP contribution in [0.5, 0.6) is 0 Å². The summed E-state index contributed by atoms with van der Waals surface area (Å²) in [4.78, 5) is 0. The highest BCUT2D eigenvalue weighted by Crippen LogP contribution is 1.93. The van der Waals surface area contributed by atoms with E-state index in [-0.39, 0.29) is 0 Å². The van der Waals surface area contributed by atoms with Crippen LogP contribution >= 0.6 is 0 Å². The molecule has 0 heterocycles. The molecule has 0 spiro atoms. The molecule has 0 bridgehead atoms. The normalized spacial score (nSPS) is 16.8. The third-order valence-corrected chi connectivity index (χ3v) is 9.57. The predicted molar refractivity (Wildman–Crippen MR) is 46.0 cm³/mol. The fourth-order valence-electron chi connectivity index (χ4n) is 0.503. The highest BCUT2D eigenvalue weighted by molar-refractivity contribution is 7.15. The lowest BCUT2D eigenvalue weighted by Crippen LogP contribution is -2.35. The summed E-state index contributed by atoms with van der Waals surface area (Å²) in [6, 6.07) is 0. The molecule has 0 unspecified atom stereocenters. The molecule has 0 aromatic rings. The molecule has 0 aliphatic carbocycles. The number of methoxy groups -OCH3 is 1. The highest BCUT2D eigenvalue weighted by atomic mass is 29.2. The number of rotatable bonds is 5. The molecule has 0 radical (unpaired) electrons. The molecule has 5 heteroatoms. The zero-order valence-corrected chi connectivity index (χ0v) is 9.40. The van der Waals surface area contributed by atoms with Gasteiger partial charge in [-0.05, 0) is 13.1 Å². The van der Waals surface area contributed by atoms with Crippen molar-refractivity contribution in [3.63, 3.8) is 0 Å². The van der Waals surface area contributed by atoms with Crippen molar-refractivity contribution in [2.75, 3.05) is 21.0 Å². The third-order valence-electron chi connectivity index (χ3n) is 1.48. The third kappa shape index (κ3) is 4.18. The second-order valence-electron chi connectivity index (χ2n) is 2.22. The minimum Gasteiger partial charge on any atom is -0.424 e. The van der Waals surface area contributed by atoms with E-state index in [9.17, 15) is 0 Å². The molecule has 0 aromatic heterocycles. The lowest BCUT2D eigenvalue weighted by Gasteiger charge is -2.14. The van der Waals surface area contributed by atoms with Gasteiger partial charge in [0.05, 0.1) is 0 Å². The maximum Gasteiger partial charge on any atom is 0.193 e. The first-order valence-corrected chi connectivity index (χ1v) is 9.27. The van der Waals surface area contributed by atoms with Crippen LogP contribution in [0, 0.1) is 0 Å². The van der Waals surface area contributed by atoms with Crippen molar-refractivity contribution in [1.82, 2.24) is 0 Å². The maximum atomic E-state index is 5.40. The Balaban J connectivity index is 3.31. The second kappa shape index (κ2) is 6.05. The molecular weight excluding hydrogens is 164 g/mol. The van der Waals surface area contributed by atoms with Crippen LogP contribution in [-0.2, 0) is 13.6 Å². The van der Waals surface area contributed by atoms with Crippen molar-refractivity contribution in [2.24, 2.45) is 0 Å². The first-order valence-electron chi connectivity index (χ1n) is 3.35. The predicted octanol–water partition coefficient (Wildman–Crippen LogP) is 0.0389. The van der Waals surface area contributed by atoms with E-state index in [1.54, 1.807) is 14.2 Å². The van der Waals surface area contributed by atoms with Crippen LogP contribution in [0.4, 0.5) is 0 Å². The number of hydrogen-bond donors (Lipinski definition) is 0. The standard InChI is InChI=1S/C5H16O3Si2/c1-6-5-8-10(4)9(3)7-2/h9-10H,5H2,1-4H3/t9-,10+/m1/s1. The molecular formula is C5H16O3Si2. The van der Waals surface area contributed by atoms with E-state index in [0.717, 1.165) is 0 Å². The van der Waals surface area contributed by atoms with Crippen LogP contribution in [0.25, 0.3) is 0 Å².